The summed E-state index contributed by atoms with van der Waals surface area (Å²) >= 11 is 0. The van der Waals surface area contributed by atoms with Gasteiger partial charge in [0.25, 0.3) is 0 Å². The van der Waals surface area contributed by atoms with Crippen LogP contribution in [0.5, 0.6) is 5.75 Å². The average molecular weight is 395 g/mol. The molecule has 7 heteroatoms. The minimum Gasteiger partial charge on any atom is -0.377 e. The summed E-state index contributed by atoms with van der Waals surface area (Å²) in [5.74, 6) is -1.15. The fraction of sp³-hybridized carbons (Fsp3) is 0.238. The summed E-state index contributed by atoms with van der Waals surface area (Å²) in [4.78, 5) is 27.2. The number of hydrogen-bond acceptors (Lipinski definition) is 5. The van der Waals surface area contributed by atoms with Crippen LogP contribution in [0.4, 0.5) is 5.69 Å². The number of benzene rings is 2. The Balaban J connectivity index is 1.52. The molecule has 2 aromatic carbocycles. The fourth-order valence-corrected chi connectivity index (χ4v) is 5.57. The predicted octanol–water partition coefficient (Wildman–Crippen LogP) is 2.77. The van der Waals surface area contributed by atoms with Crippen molar-refractivity contribution in [1.29, 1.82) is 0 Å². The number of fused-ring (bicyclic) bond motifs is 5. The van der Waals surface area contributed by atoms with Crippen LogP contribution in [0.3, 0.4) is 0 Å². The van der Waals surface area contributed by atoms with Crippen molar-refractivity contribution >= 4 is 27.6 Å². The summed E-state index contributed by atoms with van der Waals surface area (Å²) in [6.45, 7) is 0. The molecule has 2 amide bonds. The van der Waals surface area contributed by atoms with Crippen LogP contribution in [0.25, 0.3) is 0 Å². The van der Waals surface area contributed by atoms with Crippen molar-refractivity contribution in [1.82, 2.24) is 0 Å². The monoisotopic (exact) mass is 395 g/mol. The van der Waals surface area contributed by atoms with Gasteiger partial charge in [-0.1, -0.05) is 42.5 Å². The smallest absolute Gasteiger partial charge is 0.339 e. The predicted molar refractivity (Wildman–Crippen MR) is 101 cm³/mol. The molecule has 0 unspecified atom stereocenters. The molecule has 2 bridgehead atoms. The molecule has 3 aliphatic rings. The first-order chi connectivity index (χ1) is 13.5. The molecule has 28 heavy (non-hydrogen) atoms. The van der Waals surface area contributed by atoms with Crippen LogP contribution >= 0.6 is 0 Å². The molecule has 0 radical (unpaired) electrons. The first-order valence-corrected chi connectivity index (χ1v) is 10.5. The maximum atomic E-state index is 13.0. The number of nitrogens with zero attached hydrogens (tertiary/aromatic N) is 1. The number of anilines is 1. The number of allylic oxidation sites excluding steroid dienone is 2. The van der Waals surface area contributed by atoms with E-state index in [1.807, 2.05) is 12.2 Å². The summed E-state index contributed by atoms with van der Waals surface area (Å²) < 4.78 is 30.6. The van der Waals surface area contributed by atoms with Crippen LogP contribution in [0, 0.1) is 23.7 Å². The Morgan fingerprint density at radius 2 is 1.39 bits per heavy atom. The van der Waals surface area contributed by atoms with Crippen molar-refractivity contribution in [2.75, 3.05) is 4.90 Å². The number of para-hydroxylation sites is 2. The molecule has 0 aromatic heterocycles. The van der Waals surface area contributed by atoms with Crippen molar-refractivity contribution < 1.29 is 22.2 Å². The zero-order valence-corrected chi connectivity index (χ0v) is 15.6. The van der Waals surface area contributed by atoms with Crippen molar-refractivity contribution in [3.8, 4) is 5.75 Å². The highest BCUT2D eigenvalue weighted by Gasteiger charge is 2.60. The third-order valence-corrected chi connectivity index (χ3v) is 7.06. The first kappa shape index (κ1) is 17.2. The van der Waals surface area contributed by atoms with Gasteiger partial charge in [-0.15, -0.1) is 0 Å². The van der Waals surface area contributed by atoms with E-state index < -0.39 is 10.1 Å². The lowest BCUT2D eigenvalue weighted by Gasteiger charge is -2.20. The first-order valence-electron chi connectivity index (χ1n) is 9.12. The van der Waals surface area contributed by atoms with E-state index >= 15 is 0 Å². The molecule has 142 valence electrons. The van der Waals surface area contributed by atoms with E-state index in [-0.39, 0.29) is 51.8 Å². The van der Waals surface area contributed by atoms with Crippen LogP contribution in [0.2, 0.25) is 0 Å². The molecular formula is C21H17NO5S. The van der Waals surface area contributed by atoms with Crippen LogP contribution in [-0.2, 0) is 19.7 Å². The van der Waals surface area contributed by atoms with Gasteiger partial charge in [-0.2, -0.15) is 8.42 Å². The quantitative estimate of drug-likeness (QED) is 0.452. The van der Waals surface area contributed by atoms with Gasteiger partial charge >= 0.3 is 10.1 Å². The maximum Gasteiger partial charge on any atom is 0.339 e. The van der Waals surface area contributed by atoms with Gasteiger partial charge in [0, 0.05) is 0 Å². The summed E-state index contributed by atoms with van der Waals surface area (Å²) in [6.07, 6.45) is 4.87. The number of carbonyl (C=O) groups excluding carboxylic acids is 2. The van der Waals surface area contributed by atoms with Crippen molar-refractivity contribution in [3.63, 3.8) is 0 Å². The van der Waals surface area contributed by atoms with Crippen LogP contribution in [0.15, 0.2) is 71.6 Å². The molecule has 2 aliphatic carbocycles. The third-order valence-electron chi connectivity index (χ3n) is 5.81. The van der Waals surface area contributed by atoms with E-state index in [1.165, 1.54) is 18.2 Å². The molecule has 4 atom stereocenters. The number of hydrogen-bond donors (Lipinski definition) is 0. The van der Waals surface area contributed by atoms with Gasteiger partial charge in [0.2, 0.25) is 11.8 Å². The van der Waals surface area contributed by atoms with Gasteiger partial charge in [-0.3, -0.25) is 9.59 Å². The van der Waals surface area contributed by atoms with E-state index in [4.69, 9.17) is 4.18 Å². The normalized spacial score (nSPS) is 28.1. The Bertz CT molecular complexity index is 1080. The van der Waals surface area contributed by atoms with E-state index in [0.717, 1.165) is 11.3 Å². The zero-order valence-electron chi connectivity index (χ0n) is 14.8. The van der Waals surface area contributed by atoms with Crippen molar-refractivity contribution in [2.24, 2.45) is 23.7 Å². The van der Waals surface area contributed by atoms with Gasteiger partial charge in [-0.25, -0.2) is 4.90 Å². The Labute approximate surface area is 162 Å². The van der Waals surface area contributed by atoms with Crippen LogP contribution in [0.1, 0.15) is 6.42 Å². The summed E-state index contributed by atoms with van der Waals surface area (Å²) in [5, 5.41) is 0. The number of imide groups is 1. The molecule has 1 saturated carbocycles. The molecule has 2 aromatic rings. The molecule has 2 fully saturated rings. The summed E-state index contributed by atoms with van der Waals surface area (Å²) in [6, 6.07) is 14.0. The molecular weight excluding hydrogens is 378 g/mol. The maximum absolute atomic E-state index is 13.0. The third kappa shape index (κ3) is 2.43. The minimum absolute atomic E-state index is 0.00277. The summed E-state index contributed by atoms with van der Waals surface area (Å²) in [7, 11) is -4.09. The second-order valence-corrected chi connectivity index (χ2v) is 8.88. The highest BCUT2D eigenvalue weighted by atomic mass is 32.2. The van der Waals surface area contributed by atoms with Gasteiger partial charge in [-0.05, 0) is 42.5 Å². The number of rotatable bonds is 4. The van der Waals surface area contributed by atoms with E-state index in [2.05, 4.69) is 0 Å². The number of amides is 2. The standard InChI is InChI=1S/C21H17NO5S/c23-20-18-13-10-11-14(12-13)19(18)21(24)22(20)16-8-4-5-9-17(16)27-28(25,26)15-6-2-1-3-7-15/h1-11,13-14,18-19H,12H2/t13-,14-,18-,19-/m0/s1. The molecule has 0 spiro atoms. The zero-order chi connectivity index (χ0) is 19.5. The van der Waals surface area contributed by atoms with Gasteiger partial charge in [0.15, 0.2) is 5.75 Å². The molecule has 0 N–H and O–H groups in total. The molecule has 6 nitrogen and oxygen atoms in total. The van der Waals surface area contributed by atoms with Crippen molar-refractivity contribution in [3.05, 3.63) is 66.7 Å². The second kappa shape index (κ2) is 6.04. The lowest BCUT2D eigenvalue weighted by Crippen LogP contribution is -2.33. The van der Waals surface area contributed by atoms with Gasteiger partial charge < -0.3 is 4.18 Å². The Hall–Kier alpha value is -2.93. The number of carbonyl (C=O) groups is 2. The molecule has 1 heterocycles. The Morgan fingerprint density at radius 1 is 0.821 bits per heavy atom. The lowest BCUT2D eigenvalue weighted by molar-refractivity contribution is -0.123. The Morgan fingerprint density at radius 3 is 2.04 bits per heavy atom. The minimum atomic E-state index is -4.09. The second-order valence-electron chi connectivity index (χ2n) is 7.33. The average Bonchev–Trinajstić information content (AvgIpc) is 3.37. The van der Waals surface area contributed by atoms with Crippen LogP contribution in [-0.4, -0.2) is 20.2 Å². The van der Waals surface area contributed by atoms with Crippen LogP contribution < -0.4 is 9.08 Å². The SMILES string of the molecule is O=C1[C@@H]2[C@@H](C(=O)N1c1ccccc1OS(=O)(=O)c1ccccc1)[C@H]1C=C[C@H]2C1. The van der Waals surface area contributed by atoms with E-state index in [1.54, 1.807) is 36.4 Å². The topological polar surface area (TPSA) is 80.8 Å². The molecule has 1 aliphatic heterocycles. The van der Waals surface area contributed by atoms with Gasteiger partial charge in [0.1, 0.15) is 4.90 Å². The lowest BCUT2D eigenvalue weighted by atomic mass is 9.85. The Kier molecular flexibility index (Phi) is 3.71. The molecule has 5 rings (SSSR count). The fourth-order valence-electron chi connectivity index (χ4n) is 4.61. The highest BCUT2D eigenvalue weighted by Crippen LogP contribution is 2.53. The van der Waals surface area contributed by atoms with E-state index in [9.17, 15) is 18.0 Å². The van der Waals surface area contributed by atoms with Gasteiger partial charge in [0.05, 0.1) is 17.5 Å². The highest BCUT2D eigenvalue weighted by molar-refractivity contribution is 7.87. The molecule has 1 saturated heterocycles. The summed E-state index contributed by atoms with van der Waals surface area (Å²) in [5.41, 5.74) is 0.172. The van der Waals surface area contributed by atoms with Crippen molar-refractivity contribution in [2.45, 2.75) is 11.3 Å². The largest absolute Gasteiger partial charge is 0.377 e. The van der Waals surface area contributed by atoms with E-state index in [0.29, 0.717) is 0 Å².